The van der Waals surface area contributed by atoms with E-state index in [1.54, 1.807) is 0 Å². The average Bonchev–Trinajstić information content (AvgIpc) is 2.72. The number of hydrogen-bond acceptors (Lipinski definition) is 2. The Bertz CT molecular complexity index is 168. The summed E-state index contributed by atoms with van der Waals surface area (Å²) < 4.78 is 2.44. The van der Waals surface area contributed by atoms with Crippen LogP contribution >= 0.6 is 22.9 Å². The predicted octanol–water partition coefficient (Wildman–Crippen LogP) is 2.14. The summed E-state index contributed by atoms with van der Waals surface area (Å²) in [6.07, 6.45) is 4.25. The molecule has 2 saturated heterocycles. The largest absolute Gasteiger partial charge is 0.300 e. The number of nitrogens with zero attached hydrogens (tertiary/aromatic N) is 2. The van der Waals surface area contributed by atoms with Crippen LogP contribution < -0.4 is 0 Å². The highest BCUT2D eigenvalue weighted by Crippen LogP contribution is 2.27. The maximum Gasteiger partial charge on any atom is 0.0201 e. The van der Waals surface area contributed by atoms with E-state index in [9.17, 15) is 0 Å². The minimum absolute atomic E-state index is 0.822. The predicted molar refractivity (Wildman–Crippen MR) is 64.0 cm³/mol. The first-order chi connectivity index (χ1) is 6.27. The van der Waals surface area contributed by atoms with Crippen LogP contribution in [0.1, 0.15) is 26.2 Å². The molecular weight excluding hydrogens is 275 g/mol. The van der Waals surface area contributed by atoms with Crippen LogP contribution in [-0.2, 0) is 0 Å². The van der Waals surface area contributed by atoms with Crippen LogP contribution in [0, 0.1) is 5.92 Å². The fourth-order valence-corrected chi connectivity index (χ4v) is 3.37. The van der Waals surface area contributed by atoms with E-state index < -0.39 is 0 Å². The summed E-state index contributed by atoms with van der Waals surface area (Å²) in [6, 6.07) is 0.822. The minimum atomic E-state index is 0.822. The van der Waals surface area contributed by atoms with Crippen molar-refractivity contribution < 1.29 is 0 Å². The lowest BCUT2D eigenvalue weighted by molar-refractivity contribution is 0.196. The van der Waals surface area contributed by atoms with Crippen molar-refractivity contribution in [1.29, 1.82) is 0 Å². The molecule has 0 amide bonds. The first kappa shape index (κ1) is 10.2. The van der Waals surface area contributed by atoms with Gasteiger partial charge in [0.15, 0.2) is 0 Å². The summed E-state index contributed by atoms with van der Waals surface area (Å²) in [6.45, 7) is 7.71. The molecule has 2 atom stereocenters. The van der Waals surface area contributed by atoms with Gasteiger partial charge in [0.25, 0.3) is 0 Å². The van der Waals surface area contributed by atoms with Gasteiger partial charge in [-0.25, -0.2) is 3.11 Å². The Morgan fingerprint density at radius 3 is 2.46 bits per heavy atom. The lowest BCUT2D eigenvalue weighted by atomic mass is 9.99. The Hall–Kier alpha value is 0.650. The number of hydrogen-bond donors (Lipinski definition) is 0. The van der Waals surface area contributed by atoms with Crippen molar-refractivity contribution in [2.24, 2.45) is 5.92 Å². The SMILES string of the molecule is C[C@@H](C1CCN(I)C1)N1CCCC1. The summed E-state index contributed by atoms with van der Waals surface area (Å²) in [5.41, 5.74) is 0. The summed E-state index contributed by atoms with van der Waals surface area (Å²) in [5.74, 6) is 0.926. The Balaban J connectivity index is 1.85. The molecule has 0 aromatic heterocycles. The monoisotopic (exact) mass is 294 g/mol. The van der Waals surface area contributed by atoms with Crippen LogP contribution in [0.25, 0.3) is 0 Å². The van der Waals surface area contributed by atoms with Gasteiger partial charge in [-0.2, -0.15) is 0 Å². The lowest BCUT2D eigenvalue weighted by Crippen LogP contribution is -2.37. The highest BCUT2D eigenvalue weighted by atomic mass is 127. The second-order valence-electron chi connectivity index (χ2n) is 4.40. The number of rotatable bonds is 2. The molecule has 13 heavy (non-hydrogen) atoms. The van der Waals surface area contributed by atoms with Gasteiger partial charge in [0.1, 0.15) is 0 Å². The zero-order chi connectivity index (χ0) is 9.26. The molecule has 0 aromatic carbocycles. The molecule has 0 bridgehead atoms. The van der Waals surface area contributed by atoms with Crippen molar-refractivity contribution in [3.8, 4) is 0 Å². The van der Waals surface area contributed by atoms with Crippen LogP contribution in [-0.4, -0.2) is 40.2 Å². The second kappa shape index (κ2) is 4.45. The van der Waals surface area contributed by atoms with Crippen LogP contribution in [0.4, 0.5) is 0 Å². The molecule has 76 valence electrons. The van der Waals surface area contributed by atoms with Crippen molar-refractivity contribution in [3.05, 3.63) is 0 Å². The van der Waals surface area contributed by atoms with E-state index in [-0.39, 0.29) is 0 Å². The average molecular weight is 294 g/mol. The fraction of sp³-hybridized carbons (Fsp3) is 1.00. The maximum atomic E-state index is 2.68. The topological polar surface area (TPSA) is 6.48 Å². The molecule has 2 heterocycles. The van der Waals surface area contributed by atoms with Gasteiger partial charge >= 0.3 is 0 Å². The van der Waals surface area contributed by atoms with Crippen LogP contribution in [0.2, 0.25) is 0 Å². The van der Waals surface area contributed by atoms with Crippen molar-refractivity contribution in [1.82, 2.24) is 8.01 Å². The van der Waals surface area contributed by atoms with Gasteiger partial charge in [-0.05, 0) is 45.2 Å². The van der Waals surface area contributed by atoms with Gasteiger partial charge < -0.3 is 4.90 Å². The molecule has 2 fully saturated rings. The summed E-state index contributed by atoms with van der Waals surface area (Å²) in [4.78, 5) is 2.68. The van der Waals surface area contributed by atoms with E-state index in [0.717, 1.165) is 12.0 Å². The van der Waals surface area contributed by atoms with Crippen molar-refractivity contribution >= 4 is 22.9 Å². The fourth-order valence-electron chi connectivity index (χ4n) is 2.58. The molecule has 0 spiro atoms. The quantitative estimate of drug-likeness (QED) is 0.569. The van der Waals surface area contributed by atoms with Gasteiger partial charge in [0.05, 0.1) is 0 Å². The molecule has 0 saturated carbocycles. The molecule has 0 N–H and O–H groups in total. The summed E-state index contributed by atoms with van der Waals surface area (Å²) in [5, 5.41) is 0. The molecule has 2 rings (SSSR count). The smallest absolute Gasteiger partial charge is 0.0201 e. The molecule has 2 aliphatic heterocycles. The van der Waals surface area contributed by atoms with Crippen LogP contribution in [0.15, 0.2) is 0 Å². The molecule has 2 nitrogen and oxygen atoms in total. The lowest BCUT2D eigenvalue weighted by Gasteiger charge is -2.28. The van der Waals surface area contributed by atoms with Crippen molar-refractivity contribution in [2.45, 2.75) is 32.2 Å². The van der Waals surface area contributed by atoms with E-state index in [1.165, 1.54) is 45.4 Å². The third kappa shape index (κ3) is 2.36. The van der Waals surface area contributed by atoms with E-state index in [2.05, 4.69) is 37.8 Å². The second-order valence-corrected chi connectivity index (χ2v) is 5.77. The standard InChI is InChI=1S/C10H19IN2/c1-9(12-5-2-3-6-12)10-4-7-13(11)8-10/h9-10H,2-8H2,1H3/t9-,10?/m0/s1. The van der Waals surface area contributed by atoms with E-state index in [4.69, 9.17) is 0 Å². The van der Waals surface area contributed by atoms with Gasteiger partial charge in [0.2, 0.25) is 0 Å². The maximum absolute atomic E-state index is 2.68. The molecule has 3 heteroatoms. The Kier molecular flexibility index (Phi) is 3.48. The third-order valence-corrected chi connectivity index (χ3v) is 4.45. The van der Waals surface area contributed by atoms with Crippen LogP contribution in [0.3, 0.4) is 0 Å². The summed E-state index contributed by atoms with van der Waals surface area (Å²) >= 11 is 2.46. The molecule has 1 unspecified atom stereocenters. The normalized spacial score (nSPS) is 34.2. The highest BCUT2D eigenvalue weighted by molar-refractivity contribution is 14.1. The number of likely N-dealkylation sites (tertiary alicyclic amines) is 1. The zero-order valence-corrected chi connectivity index (χ0v) is 10.5. The highest BCUT2D eigenvalue weighted by Gasteiger charge is 2.30. The van der Waals surface area contributed by atoms with Crippen molar-refractivity contribution in [3.63, 3.8) is 0 Å². The van der Waals surface area contributed by atoms with Gasteiger partial charge in [0, 0.05) is 42.0 Å². The van der Waals surface area contributed by atoms with Gasteiger partial charge in [-0.15, -0.1) is 0 Å². The Labute approximate surface area is 95.2 Å². The van der Waals surface area contributed by atoms with Crippen molar-refractivity contribution in [2.75, 3.05) is 26.2 Å². The van der Waals surface area contributed by atoms with E-state index >= 15 is 0 Å². The molecule has 0 radical (unpaired) electrons. The molecule has 0 aliphatic carbocycles. The zero-order valence-electron chi connectivity index (χ0n) is 8.38. The first-order valence-corrected chi connectivity index (χ1v) is 6.38. The van der Waals surface area contributed by atoms with Gasteiger partial charge in [-0.3, -0.25) is 0 Å². The number of halogens is 1. The Morgan fingerprint density at radius 1 is 1.23 bits per heavy atom. The van der Waals surface area contributed by atoms with E-state index in [1.807, 2.05) is 0 Å². The van der Waals surface area contributed by atoms with Gasteiger partial charge in [-0.1, -0.05) is 0 Å². The van der Waals surface area contributed by atoms with Crippen LogP contribution in [0.5, 0.6) is 0 Å². The first-order valence-electron chi connectivity index (χ1n) is 5.42. The molecule has 2 aliphatic rings. The van der Waals surface area contributed by atoms with E-state index in [0.29, 0.717) is 0 Å². The summed E-state index contributed by atoms with van der Waals surface area (Å²) in [7, 11) is 0. The molecular formula is C10H19IN2. The molecule has 0 aromatic rings. The third-order valence-electron chi connectivity index (χ3n) is 3.57. The minimum Gasteiger partial charge on any atom is -0.300 e. The Morgan fingerprint density at radius 2 is 1.92 bits per heavy atom.